The van der Waals surface area contributed by atoms with E-state index in [1.54, 1.807) is 0 Å². The van der Waals surface area contributed by atoms with Crippen molar-refractivity contribution in [2.75, 3.05) is 0 Å². The topological polar surface area (TPSA) is 36.8 Å². The molecule has 7 rings (SSSR count). The number of benzene rings is 4. The molecule has 1 N–H and O–H groups in total. The van der Waals surface area contributed by atoms with Crippen LogP contribution in [-0.2, 0) is 0 Å². The molecule has 4 aromatic carbocycles. The van der Waals surface area contributed by atoms with Crippen molar-refractivity contribution in [3.05, 3.63) is 179 Å². The minimum Gasteiger partial charge on any atom is -0.359 e. The Morgan fingerprint density at radius 1 is 0.590 bits per heavy atom. The van der Waals surface area contributed by atoms with Crippen LogP contribution < -0.4 is 5.32 Å². The Morgan fingerprint density at radius 3 is 1.87 bits per heavy atom. The van der Waals surface area contributed by atoms with Crippen molar-refractivity contribution in [2.45, 2.75) is 12.6 Å². The molecule has 0 saturated carbocycles. The highest BCUT2D eigenvalue weighted by atomic mass is 15.2. The number of aryl methyl sites for hydroxylation is 1. The maximum absolute atomic E-state index is 5.42. The molecule has 2 aliphatic heterocycles. The van der Waals surface area contributed by atoms with Crippen LogP contribution in [0.4, 0.5) is 0 Å². The van der Waals surface area contributed by atoms with Gasteiger partial charge in [-0.05, 0) is 35.3 Å². The summed E-state index contributed by atoms with van der Waals surface area (Å²) in [7, 11) is 0. The third-order valence-electron chi connectivity index (χ3n) is 7.52. The number of aliphatic imine (C=N–C) groups is 2. The number of allylic oxidation sites excluding steroid dienone is 4. The van der Waals surface area contributed by atoms with Crippen molar-refractivity contribution in [1.29, 1.82) is 0 Å². The SMILES string of the molecule is Cc1ccc(C2=NC(c3ccccc3)=NC34NC=C(c5ccccc5)C=C3C(c3ccccc3)=CC=C24)cc1. The molecule has 0 radical (unpaired) electrons. The summed E-state index contributed by atoms with van der Waals surface area (Å²) in [4.78, 5) is 10.6. The number of nitrogens with one attached hydrogen (secondary N) is 1. The second kappa shape index (κ2) is 9.38. The Balaban J connectivity index is 1.49. The van der Waals surface area contributed by atoms with Gasteiger partial charge in [-0.3, -0.25) is 0 Å². The van der Waals surface area contributed by atoms with Crippen LogP contribution in [0, 0.1) is 6.92 Å². The van der Waals surface area contributed by atoms with E-state index in [1.807, 2.05) is 24.3 Å². The molecule has 3 nitrogen and oxygen atoms in total. The molecule has 186 valence electrons. The van der Waals surface area contributed by atoms with Gasteiger partial charge >= 0.3 is 0 Å². The summed E-state index contributed by atoms with van der Waals surface area (Å²) < 4.78 is 0. The summed E-state index contributed by atoms with van der Waals surface area (Å²) in [5, 5.41) is 3.79. The molecule has 39 heavy (non-hydrogen) atoms. The quantitative estimate of drug-likeness (QED) is 0.308. The molecule has 0 amide bonds. The zero-order chi connectivity index (χ0) is 26.2. The minimum absolute atomic E-state index is 0.715. The second-order valence-corrected chi connectivity index (χ2v) is 10.0. The zero-order valence-corrected chi connectivity index (χ0v) is 21.7. The molecule has 1 unspecified atom stereocenters. The lowest BCUT2D eigenvalue weighted by Crippen LogP contribution is -2.52. The van der Waals surface area contributed by atoms with E-state index in [1.165, 1.54) is 5.56 Å². The van der Waals surface area contributed by atoms with Gasteiger partial charge in [-0.25, -0.2) is 9.98 Å². The molecule has 4 aromatic rings. The molecule has 0 saturated heterocycles. The van der Waals surface area contributed by atoms with Crippen LogP contribution in [0.1, 0.15) is 27.8 Å². The Kier molecular flexibility index (Phi) is 5.56. The molecule has 3 aliphatic rings. The largest absolute Gasteiger partial charge is 0.359 e. The monoisotopic (exact) mass is 501 g/mol. The van der Waals surface area contributed by atoms with E-state index in [-0.39, 0.29) is 0 Å². The van der Waals surface area contributed by atoms with E-state index < -0.39 is 5.66 Å². The fourth-order valence-corrected chi connectivity index (χ4v) is 5.50. The predicted molar refractivity (Wildman–Crippen MR) is 162 cm³/mol. The Bertz CT molecular complexity index is 1740. The molecule has 0 fully saturated rings. The fraction of sp³-hybridized carbons (Fsp3) is 0.0556. The zero-order valence-electron chi connectivity index (χ0n) is 21.7. The van der Waals surface area contributed by atoms with Crippen LogP contribution in [0.3, 0.4) is 0 Å². The third-order valence-corrected chi connectivity index (χ3v) is 7.52. The van der Waals surface area contributed by atoms with Crippen LogP contribution in [0.5, 0.6) is 0 Å². The molecular weight excluding hydrogens is 474 g/mol. The first-order valence-corrected chi connectivity index (χ1v) is 13.3. The van der Waals surface area contributed by atoms with E-state index >= 15 is 0 Å². The van der Waals surface area contributed by atoms with E-state index in [0.29, 0.717) is 5.84 Å². The number of nitrogens with zero attached hydrogens (tertiary/aromatic N) is 2. The number of rotatable bonds is 4. The van der Waals surface area contributed by atoms with Crippen molar-refractivity contribution in [2.24, 2.45) is 9.98 Å². The molecule has 0 bridgehead atoms. The van der Waals surface area contributed by atoms with Gasteiger partial charge in [0.1, 0.15) is 0 Å². The van der Waals surface area contributed by atoms with Gasteiger partial charge < -0.3 is 5.32 Å². The molecule has 2 heterocycles. The van der Waals surface area contributed by atoms with Crippen LogP contribution in [0.25, 0.3) is 11.1 Å². The van der Waals surface area contributed by atoms with Crippen molar-refractivity contribution in [1.82, 2.24) is 5.32 Å². The number of hydrogen-bond donors (Lipinski definition) is 1. The molecule has 3 heteroatoms. The van der Waals surface area contributed by atoms with Crippen molar-refractivity contribution >= 4 is 22.7 Å². The Hall–Kier alpha value is -5.02. The first kappa shape index (κ1) is 23.1. The van der Waals surface area contributed by atoms with Crippen LogP contribution in [0.15, 0.2) is 161 Å². The normalized spacial score (nSPS) is 19.6. The van der Waals surface area contributed by atoms with Crippen molar-refractivity contribution in [3.8, 4) is 0 Å². The van der Waals surface area contributed by atoms with E-state index in [9.17, 15) is 0 Å². The molecule has 0 aromatic heterocycles. The highest BCUT2D eigenvalue weighted by molar-refractivity contribution is 6.24. The molecule has 1 spiro atoms. The molecule has 1 atom stereocenters. The van der Waals surface area contributed by atoms with Crippen molar-refractivity contribution < 1.29 is 0 Å². The summed E-state index contributed by atoms with van der Waals surface area (Å²) in [6.45, 7) is 2.11. The van der Waals surface area contributed by atoms with E-state index in [0.717, 1.165) is 50.3 Å². The maximum atomic E-state index is 5.42. The average Bonchev–Trinajstić information content (AvgIpc) is 3.01. The van der Waals surface area contributed by atoms with Gasteiger partial charge in [0.25, 0.3) is 0 Å². The second-order valence-electron chi connectivity index (χ2n) is 10.0. The summed E-state index contributed by atoms with van der Waals surface area (Å²) >= 11 is 0. The Morgan fingerprint density at radius 2 is 1.21 bits per heavy atom. The lowest BCUT2D eigenvalue weighted by atomic mass is 9.74. The van der Waals surface area contributed by atoms with Gasteiger partial charge in [0.05, 0.1) is 5.71 Å². The van der Waals surface area contributed by atoms with Gasteiger partial charge in [-0.1, -0.05) is 133 Å². The predicted octanol–water partition coefficient (Wildman–Crippen LogP) is 7.54. The third kappa shape index (κ3) is 4.00. The fourth-order valence-electron chi connectivity index (χ4n) is 5.50. The standard InChI is InChI=1S/C36H27N3/c1-25-17-19-28(20-18-25)34-32-22-21-31(27-13-7-3-8-14-27)33-23-30(26-11-5-2-6-12-26)24-37-36(32,33)39-35(38-34)29-15-9-4-10-16-29/h2-24,37H,1H3. The number of dihydropyridines is 1. The van der Waals surface area contributed by atoms with E-state index in [4.69, 9.17) is 9.98 Å². The summed E-state index contributed by atoms with van der Waals surface area (Å²) in [5.41, 5.74) is 10.1. The highest BCUT2D eigenvalue weighted by Gasteiger charge is 2.47. The minimum atomic E-state index is -0.814. The van der Waals surface area contributed by atoms with Gasteiger partial charge in [-0.2, -0.15) is 0 Å². The molecular formula is C36H27N3. The lowest BCUT2D eigenvalue weighted by molar-refractivity contribution is 0.543. The maximum Gasteiger partial charge on any atom is 0.186 e. The highest BCUT2D eigenvalue weighted by Crippen LogP contribution is 2.47. The van der Waals surface area contributed by atoms with Gasteiger partial charge in [-0.15, -0.1) is 0 Å². The first-order chi connectivity index (χ1) is 19.2. The summed E-state index contributed by atoms with van der Waals surface area (Å²) in [6, 6.07) is 39.9. The van der Waals surface area contributed by atoms with Crippen LogP contribution in [0.2, 0.25) is 0 Å². The van der Waals surface area contributed by atoms with Gasteiger partial charge in [0.2, 0.25) is 0 Å². The smallest absolute Gasteiger partial charge is 0.186 e. The van der Waals surface area contributed by atoms with Gasteiger partial charge in [0.15, 0.2) is 11.5 Å². The summed E-state index contributed by atoms with van der Waals surface area (Å²) in [5.74, 6) is 0.715. The van der Waals surface area contributed by atoms with E-state index in [2.05, 4.69) is 128 Å². The number of hydrogen-bond acceptors (Lipinski definition) is 3. The van der Waals surface area contributed by atoms with Gasteiger partial charge in [0, 0.05) is 28.5 Å². The first-order valence-electron chi connectivity index (χ1n) is 13.3. The van der Waals surface area contributed by atoms with Crippen molar-refractivity contribution in [3.63, 3.8) is 0 Å². The van der Waals surface area contributed by atoms with Crippen LogP contribution >= 0.6 is 0 Å². The summed E-state index contributed by atoms with van der Waals surface area (Å²) in [6.07, 6.45) is 8.81. The molecule has 1 aliphatic carbocycles. The number of amidine groups is 1. The average molecular weight is 502 g/mol. The van der Waals surface area contributed by atoms with Crippen LogP contribution in [-0.4, -0.2) is 17.2 Å². The lowest BCUT2D eigenvalue weighted by Gasteiger charge is -2.43. The Labute approximate surface area is 229 Å².